The van der Waals surface area contributed by atoms with Crippen molar-refractivity contribution >= 4 is 38.1 Å². The molecule has 0 atom stereocenters. The lowest BCUT2D eigenvalue weighted by Crippen LogP contribution is -1.96. The van der Waals surface area contributed by atoms with Gasteiger partial charge in [0.15, 0.2) is 0 Å². The number of para-hydroxylation sites is 2. The molecule has 0 aliphatic heterocycles. The molecule has 0 saturated heterocycles. The van der Waals surface area contributed by atoms with Gasteiger partial charge in [-0.25, -0.2) is 9.50 Å². The number of nitrogens with zero attached hydrogens (tertiary/aromatic N) is 4. The molecule has 0 fully saturated rings. The fraction of sp³-hybridized carbons (Fsp3) is 0. The van der Waals surface area contributed by atoms with E-state index < -0.39 is 0 Å². The molecule has 0 unspecified atom stereocenters. The second-order valence-corrected chi connectivity index (χ2v) is 15.8. The zero-order chi connectivity index (χ0) is 41.0. The number of fused-ring (bicyclic) bond motifs is 6. The van der Waals surface area contributed by atoms with Crippen LogP contribution in [0.5, 0.6) is 0 Å². The van der Waals surface area contributed by atoms with Crippen LogP contribution in [0.25, 0.3) is 111 Å². The highest BCUT2D eigenvalue weighted by Gasteiger charge is 2.22. The van der Waals surface area contributed by atoms with Gasteiger partial charge in [0.05, 0.1) is 33.6 Å². The predicted octanol–water partition coefficient (Wildman–Crippen LogP) is 15.0. The lowest BCUT2D eigenvalue weighted by molar-refractivity contribution is 0.979. The number of benzene rings is 8. The van der Waals surface area contributed by atoms with Gasteiger partial charge in [-0.2, -0.15) is 5.10 Å². The average molecular weight is 791 g/mol. The number of hydrogen-bond donors (Lipinski definition) is 0. The summed E-state index contributed by atoms with van der Waals surface area (Å²) in [6.45, 7) is 0. The number of pyridine rings is 2. The fourth-order valence-electron chi connectivity index (χ4n) is 9.19. The maximum atomic E-state index is 5.46. The van der Waals surface area contributed by atoms with Crippen LogP contribution in [0.15, 0.2) is 231 Å². The van der Waals surface area contributed by atoms with Gasteiger partial charge in [-0.05, 0) is 70.6 Å². The lowest BCUT2D eigenvalue weighted by Gasteiger charge is -2.14. The molecule has 0 spiro atoms. The van der Waals surface area contributed by atoms with Crippen LogP contribution in [0.1, 0.15) is 0 Å². The zero-order valence-corrected chi connectivity index (χ0v) is 33.7. The summed E-state index contributed by atoms with van der Waals surface area (Å²) in [5.74, 6) is 0. The summed E-state index contributed by atoms with van der Waals surface area (Å²) in [6, 6.07) is 82.1. The van der Waals surface area contributed by atoms with E-state index in [1.165, 1.54) is 21.8 Å². The molecule has 0 saturated carbocycles. The second kappa shape index (κ2) is 14.7. The molecular formula is C58H38N4. The van der Waals surface area contributed by atoms with Crippen molar-refractivity contribution in [3.05, 3.63) is 231 Å². The van der Waals surface area contributed by atoms with Crippen molar-refractivity contribution in [2.75, 3.05) is 0 Å². The van der Waals surface area contributed by atoms with Gasteiger partial charge in [-0.1, -0.05) is 182 Å². The van der Waals surface area contributed by atoms with E-state index >= 15 is 0 Å². The summed E-state index contributed by atoms with van der Waals surface area (Å²) in [4.78, 5) is 5.32. The Labute approximate surface area is 359 Å². The van der Waals surface area contributed by atoms with E-state index in [0.717, 1.165) is 89.3 Å². The summed E-state index contributed by atoms with van der Waals surface area (Å²) in [5.41, 5.74) is 17.2. The van der Waals surface area contributed by atoms with Gasteiger partial charge >= 0.3 is 0 Å². The Morgan fingerprint density at radius 3 is 1.45 bits per heavy atom. The topological polar surface area (TPSA) is 35.1 Å². The minimum Gasteiger partial charge on any atom is -0.309 e. The highest BCUT2D eigenvalue weighted by Crippen LogP contribution is 2.42. The van der Waals surface area contributed by atoms with Crippen molar-refractivity contribution in [3.63, 3.8) is 0 Å². The molecule has 0 radical (unpaired) electrons. The van der Waals surface area contributed by atoms with Gasteiger partial charge in [0.2, 0.25) is 0 Å². The van der Waals surface area contributed by atoms with E-state index in [2.05, 4.69) is 240 Å². The third kappa shape index (κ3) is 6.00. The summed E-state index contributed by atoms with van der Waals surface area (Å²) < 4.78 is 4.52. The molecule has 4 heteroatoms. The number of aromatic nitrogens is 4. The van der Waals surface area contributed by atoms with Gasteiger partial charge < -0.3 is 4.57 Å². The smallest absolute Gasteiger partial charge is 0.101 e. The minimum absolute atomic E-state index is 0.917. The van der Waals surface area contributed by atoms with Crippen molar-refractivity contribution < 1.29 is 0 Å². The molecule has 4 heterocycles. The Balaban J connectivity index is 1.06. The molecule has 12 aromatic rings. The van der Waals surface area contributed by atoms with Crippen molar-refractivity contribution in [1.82, 2.24) is 19.2 Å². The number of hydrogen-bond acceptors (Lipinski definition) is 2. The SMILES string of the molecule is c1ccc(-c2cc(-c3ccc4cc(-c5ccccc5)n5nc(-c6ccccc6)c(-c6ccccc6)c5c4c3)cc(-c3ccc(-n4c5ccccc5c5ccccc54)cc3)n2)cc1. The summed E-state index contributed by atoms with van der Waals surface area (Å²) in [5, 5.41) is 10.2. The molecule has 0 bridgehead atoms. The van der Waals surface area contributed by atoms with Crippen LogP contribution in [0.4, 0.5) is 0 Å². The minimum atomic E-state index is 0.917. The third-order valence-electron chi connectivity index (χ3n) is 12.1. The number of rotatable bonds is 7. The Hall–Kier alpha value is -8.34. The van der Waals surface area contributed by atoms with Gasteiger partial charge in [0, 0.05) is 49.7 Å². The first-order chi connectivity index (χ1) is 30.7. The Bertz CT molecular complexity index is 3540. The average Bonchev–Trinajstić information content (AvgIpc) is 3.92. The Morgan fingerprint density at radius 1 is 0.339 bits per heavy atom. The van der Waals surface area contributed by atoms with E-state index in [1.807, 2.05) is 0 Å². The van der Waals surface area contributed by atoms with Crippen LogP contribution in [0.3, 0.4) is 0 Å². The highest BCUT2D eigenvalue weighted by atomic mass is 15.2. The fourth-order valence-corrected chi connectivity index (χ4v) is 9.19. The zero-order valence-electron chi connectivity index (χ0n) is 33.7. The van der Waals surface area contributed by atoms with Crippen LogP contribution in [-0.4, -0.2) is 19.2 Å². The van der Waals surface area contributed by atoms with Crippen molar-refractivity contribution in [2.45, 2.75) is 0 Å². The van der Waals surface area contributed by atoms with E-state index in [0.29, 0.717) is 0 Å². The normalized spacial score (nSPS) is 11.5. The lowest BCUT2D eigenvalue weighted by atomic mass is 9.94. The summed E-state index contributed by atoms with van der Waals surface area (Å²) in [7, 11) is 0. The summed E-state index contributed by atoms with van der Waals surface area (Å²) >= 11 is 0. The molecule has 4 aromatic heterocycles. The van der Waals surface area contributed by atoms with E-state index in [-0.39, 0.29) is 0 Å². The third-order valence-corrected chi connectivity index (χ3v) is 12.1. The highest BCUT2D eigenvalue weighted by molar-refractivity contribution is 6.11. The van der Waals surface area contributed by atoms with Crippen LogP contribution in [0.2, 0.25) is 0 Å². The monoisotopic (exact) mass is 790 g/mol. The quantitative estimate of drug-likeness (QED) is 0.161. The molecular weight excluding hydrogens is 753 g/mol. The molecule has 0 N–H and O–H groups in total. The Kier molecular flexibility index (Phi) is 8.46. The first-order valence-corrected chi connectivity index (χ1v) is 21.1. The van der Waals surface area contributed by atoms with E-state index in [1.54, 1.807) is 0 Å². The maximum Gasteiger partial charge on any atom is 0.101 e. The molecule has 8 aromatic carbocycles. The molecule has 0 amide bonds. The van der Waals surface area contributed by atoms with E-state index in [4.69, 9.17) is 10.1 Å². The van der Waals surface area contributed by atoms with Crippen molar-refractivity contribution in [3.8, 4) is 73.0 Å². The first-order valence-electron chi connectivity index (χ1n) is 21.1. The Morgan fingerprint density at radius 2 is 0.839 bits per heavy atom. The van der Waals surface area contributed by atoms with Crippen LogP contribution in [-0.2, 0) is 0 Å². The second-order valence-electron chi connectivity index (χ2n) is 15.8. The molecule has 62 heavy (non-hydrogen) atoms. The van der Waals surface area contributed by atoms with Gasteiger partial charge in [-0.15, -0.1) is 0 Å². The molecule has 12 rings (SSSR count). The van der Waals surface area contributed by atoms with Gasteiger partial charge in [-0.3, -0.25) is 0 Å². The largest absolute Gasteiger partial charge is 0.309 e. The van der Waals surface area contributed by atoms with Gasteiger partial charge in [0.1, 0.15) is 5.69 Å². The molecule has 4 nitrogen and oxygen atoms in total. The molecule has 0 aliphatic rings. The van der Waals surface area contributed by atoms with E-state index in [9.17, 15) is 0 Å². The maximum absolute atomic E-state index is 5.46. The standard InChI is InChI=1S/C58H38N4/c1-5-17-39(18-6-1)51-36-46(37-52(59-51)40-31-33-47(34-32-40)61-53-27-15-13-25-48(53)49-26-14-16-28-54(49)61)44-29-30-45-38-55(41-19-7-2-8-20-41)62-58(50(45)35-44)56(42-21-9-3-10-22-42)57(60-62)43-23-11-4-12-24-43/h1-38H. The van der Waals surface area contributed by atoms with Crippen LogP contribution >= 0.6 is 0 Å². The summed E-state index contributed by atoms with van der Waals surface area (Å²) in [6.07, 6.45) is 0. The van der Waals surface area contributed by atoms with Crippen molar-refractivity contribution in [2.24, 2.45) is 0 Å². The van der Waals surface area contributed by atoms with Crippen LogP contribution in [0, 0.1) is 0 Å². The van der Waals surface area contributed by atoms with Gasteiger partial charge in [0.25, 0.3) is 0 Å². The molecule has 290 valence electrons. The first kappa shape index (κ1) is 35.6. The van der Waals surface area contributed by atoms with Crippen molar-refractivity contribution in [1.29, 1.82) is 0 Å². The predicted molar refractivity (Wildman–Crippen MR) is 257 cm³/mol. The molecule has 0 aliphatic carbocycles. The van der Waals surface area contributed by atoms with Crippen LogP contribution < -0.4 is 0 Å².